The summed E-state index contributed by atoms with van der Waals surface area (Å²) in [6.45, 7) is 2.59. The van der Waals surface area contributed by atoms with Crippen LogP contribution in [-0.2, 0) is 5.54 Å². The van der Waals surface area contributed by atoms with Crippen LogP contribution in [0.4, 0.5) is 11.4 Å². The normalized spacial score (nSPS) is 21.6. The van der Waals surface area contributed by atoms with E-state index < -0.39 is 0 Å². The molecule has 0 bridgehead atoms. The van der Waals surface area contributed by atoms with Gasteiger partial charge in [0.1, 0.15) is 23.6 Å². The van der Waals surface area contributed by atoms with Gasteiger partial charge in [-0.05, 0) is 31.2 Å². The molecule has 92 valence electrons. The molecule has 0 amide bonds. The van der Waals surface area contributed by atoms with Crippen LogP contribution in [0.5, 0.6) is 5.75 Å². The fourth-order valence-electron chi connectivity index (χ4n) is 2.16. The number of anilines is 2. The molecule has 18 heavy (non-hydrogen) atoms. The summed E-state index contributed by atoms with van der Waals surface area (Å²) < 4.78 is 5.79. The smallest absolute Gasteiger partial charge is 0.144 e. The molecule has 0 saturated carbocycles. The first-order chi connectivity index (χ1) is 8.69. The van der Waals surface area contributed by atoms with E-state index in [4.69, 9.17) is 10.5 Å². The Morgan fingerprint density at radius 3 is 2.94 bits per heavy atom. The summed E-state index contributed by atoms with van der Waals surface area (Å²) in [5.74, 6) is 0.795. The Labute approximate surface area is 106 Å². The molecule has 0 spiro atoms. The van der Waals surface area contributed by atoms with Crippen LogP contribution in [0.1, 0.15) is 12.6 Å². The SMILES string of the molecule is CC1(c2ccccn2)COc2cccc(N)c2N1. The van der Waals surface area contributed by atoms with E-state index in [1.165, 1.54) is 0 Å². The molecule has 1 aliphatic rings. The number of para-hydroxylation sites is 1. The van der Waals surface area contributed by atoms with E-state index in [-0.39, 0.29) is 5.54 Å². The maximum absolute atomic E-state index is 5.98. The molecule has 1 atom stereocenters. The number of nitrogens with one attached hydrogen (secondary N) is 1. The first kappa shape index (κ1) is 10.9. The number of fused-ring (bicyclic) bond motifs is 1. The van der Waals surface area contributed by atoms with Crippen LogP contribution in [0, 0.1) is 0 Å². The Kier molecular flexibility index (Phi) is 2.37. The van der Waals surface area contributed by atoms with Crippen molar-refractivity contribution in [2.24, 2.45) is 0 Å². The van der Waals surface area contributed by atoms with Gasteiger partial charge in [0.05, 0.1) is 11.4 Å². The topological polar surface area (TPSA) is 60.2 Å². The number of benzene rings is 1. The van der Waals surface area contributed by atoms with Crippen LogP contribution in [0.25, 0.3) is 0 Å². The van der Waals surface area contributed by atoms with Crippen molar-refractivity contribution in [3.8, 4) is 5.75 Å². The van der Waals surface area contributed by atoms with Gasteiger partial charge in [-0.3, -0.25) is 4.98 Å². The predicted octanol–water partition coefficient (Wildman–Crippen LogP) is 2.38. The average molecular weight is 241 g/mol. The van der Waals surface area contributed by atoms with Crippen molar-refractivity contribution >= 4 is 11.4 Å². The number of nitrogen functional groups attached to an aromatic ring is 1. The van der Waals surface area contributed by atoms with E-state index in [0.717, 1.165) is 17.1 Å². The van der Waals surface area contributed by atoms with Gasteiger partial charge < -0.3 is 15.8 Å². The van der Waals surface area contributed by atoms with Crippen molar-refractivity contribution in [3.63, 3.8) is 0 Å². The molecule has 1 unspecified atom stereocenters. The minimum atomic E-state index is -0.357. The van der Waals surface area contributed by atoms with E-state index in [1.807, 2.05) is 36.4 Å². The van der Waals surface area contributed by atoms with Crippen LogP contribution in [0.3, 0.4) is 0 Å². The van der Waals surface area contributed by atoms with Gasteiger partial charge >= 0.3 is 0 Å². The molecule has 1 aromatic carbocycles. The van der Waals surface area contributed by atoms with Gasteiger partial charge in [0, 0.05) is 6.20 Å². The summed E-state index contributed by atoms with van der Waals surface area (Å²) in [7, 11) is 0. The third kappa shape index (κ3) is 1.66. The molecule has 3 rings (SSSR count). The lowest BCUT2D eigenvalue weighted by Gasteiger charge is -2.36. The molecule has 0 aliphatic carbocycles. The second-order valence-corrected chi connectivity index (χ2v) is 4.68. The zero-order valence-electron chi connectivity index (χ0n) is 10.2. The highest BCUT2D eigenvalue weighted by Crippen LogP contribution is 2.39. The molecular formula is C14H15N3O. The Hall–Kier alpha value is -2.23. The molecule has 1 aromatic heterocycles. The van der Waals surface area contributed by atoms with Crippen molar-refractivity contribution in [3.05, 3.63) is 48.3 Å². The molecular weight excluding hydrogens is 226 g/mol. The zero-order chi connectivity index (χ0) is 12.6. The number of nitrogens with two attached hydrogens (primary N) is 1. The Balaban J connectivity index is 2.02. The monoisotopic (exact) mass is 241 g/mol. The lowest BCUT2D eigenvalue weighted by Crippen LogP contribution is -2.42. The first-order valence-electron chi connectivity index (χ1n) is 5.90. The van der Waals surface area contributed by atoms with Crippen molar-refractivity contribution in [2.75, 3.05) is 17.7 Å². The number of ether oxygens (including phenoxy) is 1. The van der Waals surface area contributed by atoms with Gasteiger partial charge in [-0.15, -0.1) is 0 Å². The third-order valence-corrected chi connectivity index (χ3v) is 3.21. The number of pyridine rings is 1. The highest BCUT2D eigenvalue weighted by Gasteiger charge is 2.34. The predicted molar refractivity (Wildman–Crippen MR) is 71.6 cm³/mol. The third-order valence-electron chi connectivity index (χ3n) is 3.21. The van der Waals surface area contributed by atoms with Gasteiger partial charge in [-0.25, -0.2) is 0 Å². The Morgan fingerprint density at radius 2 is 2.17 bits per heavy atom. The van der Waals surface area contributed by atoms with Crippen molar-refractivity contribution in [1.29, 1.82) is 0 Å². The van der Waals surface area contributed by atoms with E-state index in [1.54, 1.807) is 6.20 Å². The summed E-state index contributed by atoms with van der Waals surface area (Å²) >= 11 is 0. The van der Waals surface area contributed by atoms with E-state index >= 15 is 0 Å². The second kappa shape index (κ2) is 3.91. The summed E-state index contributed by atoms with van der Waals surface area (Å²) in [5, 5.41) is 3.45. The molecule has 2 aromatic rings. The number of hydrogen-bond donors (Lipinski definition) is 2. The summed E-state index contributed by atoms with van der Waals surface area (Å²) in [5.41, 5.74) is 8.10. The van der Waals surface area contributed by atoms with Gasteiger partial charge in [-0.2, -0.15) is 0 Å². The van der Waals surface area contributed by atoms with E-state index in [0.29, 0.717) is 12.3 Å². The van der Waals surface area contributed by atoms with Gasteiger partial charge in [0.15, 0.2) is 0 Å². The molecule has 2 heterocycles. The van der Waals surface area contributed by atoms with Crippen molar-refractivity contribution in [1.82, 2.24) is 4.98 Å². The zero-order valence-corrected chi connectivity index (χ0v) is 10.2. The lowest BCUT2D eigenvalue weighted by atomic mass is 9.95. The minimum absolute atomic E-state index is 0.357. The van der Waals surface area contributed by atoms with Gasteiger partial charge in [0.25, 0.3) is 0 Å². The molecule has 3 N–H and O–H groups in total. The number of nitrogens with zero attached hydrogens (tertiary/aromatic N) is 1. The second-order valence-electron chi connectivity index (χ2n) is 4.68. The van der Waals surface area contributed by atoms with Crippen LogP contribution < -0.4 is 15.8 Å². The lowest BCUT2D eigenvalue weighted by molar-refractivity contribution is 0.228. The molecule has 4 nitrogen and oxygen atoms in total. The van der Waals surface area contributed by atoms with Crippen molar-refractivity contribution in [2.45, 2.75) is 12.5 Å². The summed E-state index contributed by atoms with van der Waals surface area (Å²) in [6.07, 6.45) is 1.78. The Morgan fingerprint density at radius 1 is 1.28 bits per heavy atom. The highest BCUT2D eigenvalue weighted by atomic mass is 16.5. The largest absolute Gasteiger partial charge is 0.488 e. The number of aromatic nitrogens is 1. The quantitative estimate of drug-likeness (QED) is 0.752. The average Bonchev–Trinajstić information content (AvgIpc) is 2.41. The van der Waals surface area contributed by atoms with Crippen LogP contribution in [0.2, 0.25) is 0 Å². The van der Waals surface area contributed by atoms with Crippen LogP contribution in [0.15, 0.2) is 42.6 Å². The van der Waals surface area contributed by atoms with Crippen LogP contribution in [-0.4, -0.2) is 11.6 Å². The molecule has 4 heteroatoms. The van der Waals surface area contributed by atoms with Gasteiger partial charge in [-0.1, -0.05) is 12.1 Å². The molecule has 0 fully saturated rings. The van der Waals surface area contributed by atoms with Crippen molar-refractivity contribution < 1.29 is 4.74 Å². The minimum Gasteiger partial charge on any atom is -0.488 e. The maximum Gasteiger partial charge on any atom is 0.144 e. The fraction of sp³-hybridized carbons (Fsp3) is 0.214. The van der Waals surface area contributed by atoms with E-state index in [9.17, 15) is 0 Å². The standard InChI is InChI=1S/C14H15N3O/c1-14(12-7-2-3-8-16-12)9-18-11-6-4-5-10(15)13(11)17-14/h2-8,17H,9,15H2,1H3. The summed E-state index contributed by atoms with van der Waals surface area (Å²) in [4.78, 5) is 4.39. The molecule has 0 radical (unpaired) electrons. The first-order valence-corrected chi connectivity index (χ1v) is 5.90. The number of rotatable bonds is 1. The fourth-order valence-corrected chi connectivity index (χ4v) is 2.16. The van der Waals surface area contributed by atoms with Gasteiger partial charge in [0.2, 0.25) is 0 Å². The highest BCUT2D eigenvalue weighted by molar-refractivity contribution is 5.75. The Bertz CT molecular complexity index is 571. The maximum atomic E-state index is 5.98. The molecule has 1 aliphatic heterocycles. The molecule has 0 saturated heterocycles. The van der Waals surface area contributed by atoms with E-state index in [2.05, 4.69) is 17.2 Å². The van der Waals surface area contributed by atoms with Crippen LogP contribution >= 0.6 is 0 Å². The summed E-state index contributed by atoms with van der Waals surface area (Å²) in [6, 6.07) is 11.5. The number of hydrogen-bond acceptors (Lipinski definition) is 4.